The summed E-state index contributed by atoms with van der Waals surface area (Å²) in [7, 11) is 0. The highest BCUT2D eigenvalue weighted by Crippen LogP contribution is 2.29. The van der Waals surface area contributed by atoms with Crippen LogP contribution < -0.4 is 0 Å². The van der Waals surface area contributed by atoms with E-state index in [-0.39, 0.29) is 18.9 Å². The fraction of sp³-hybridized carbons (Fsp3) is 0.400. The molecule has 23 heavy (non-hydrogen) atoms. The van der Waals surface area contributed by atoms with Gasteiger partial charge in [-0.3, -0.25) is 4.79 Å². The van der Waals surface area contributed by atoms with Crippen molar-refractivity contribution in [3.05, 3.63) is 47.3 Å². The first kappa shape index (κ1) is 14.3. The minimum Gasteiger partial charge on any atom is -0.363 e. The maximum Gasteiger partial charge on any atom is 0.293 e. The SMILES string of the molecule is O=C(c1nc2n(n1)CCOC2c1ccccc1F)N1CC(F)C1. The molecular formula is C15H14F2N4O2. The van der Waals surface area contributed by atoms with Gasteiger partial charge in [-0.1, -0.05) is 18.2 Å². The number of alkyl halides is 1. The number of carbonyl (C=O) groups is 1. The first-order valence-electron chi connectivity index (χ1n) is 7.37. The average Bonchev–Trinajstić information content (AvgIpc) is 2.96. The fourth-order valence-corrected chi connectivity index (χ4v) is 2.78. The van der Waals surface area contributed by atoms with E-state index in [0.717, 1.165) is 0 Å². The summed E-state index contributed by atoms with van der Waals surface area (Å²) in [5.74, 6) is -0.418. The second-order valence-electron chi connectivity index (χ2n) is 5.60. The molecule has 8 heteroatoms. The van der Waals surface area contributed by atoms with Crippen molar-refractivity contribution in [2.45, 2.75) is 18.8 Å². The van der Waals surface area contributed by atoms with Gasteiger partial charge in [-0.25, -0.2) is 18.4 Å². The van der Waals surface area contributed by atoms with E-state index in [1.54, 1.807) is 22.9 Å². The van der Waals surface area contributed by atoms with Crippen molar-refractivity contribution < 1.29 is 18.3 Å². The molecule has 1 amide bonds. The van der Waals surface area contributed by atoms with E-state index in [9.17, 15) is 13.6 Å². The Morgan fingerprint density at radius 2 is 2.09 bits per heavy atom. The molecule has 6 nitrogen and oxygen atoms in total. The molecule has 4 rings (SSSR count). The quantitative estimate of drug-likeness (QED) is 0.838. The summed E-state index contributed by atoms with van der Waals surface area (Å²) in [4.78, 5) is 17.8. The van der Waals surface area contributed by atoms with Crippen molar-refractivity contribution in [3.8, 4) is 0 Å². The monoisotopic (exact) mass is 320 g/mol. The van der Waals surface area contributed by atoms with E-state index >= 15 is 0 Å². The van der Waals surface area contributed by atoms with Gasteiger partial charge in [0.1, 0.15) is 18.1 Å². The smallest absolute Gasteiger partial charge is 0.293 e. The Morgan fingerprint density at radius 3 is 2.83 bits per heavy atom. The molecule has 2 aromatic rings. The van der Waals surface area contributed by atoms with Gasteiger partial charge in [-0.15, -0.1) is 5.10 Å². The van der Waals surface area contributed by atoms with Crippen LogP contribution in [0, 0.1) is 5.82 Å². The number of benzene rings is 1. The molecule has 0 bridgehead atoms. The van der Waals surface area contributed by atoms with Gasteiger partial charge in [0.15, 0.2) is 5.82 Å². The van der Waals surface area contributed by atoms with Crippen molar-refractivity contribution in [1.82, 2.24) is 19.7 Å². The van der Waals surface area contributed by atoms with Gasteiger partial charge in [0.05, 0.1) is 26.2 Å². The number of fused-ring (bicyclic) bond motifs is 1. The predicted molar refractivity (Wildman–Crippen MR) is 75.0 cm³/mol. The summed E-state index contributed by atoms with van der Waals surface area (Å²) >= 11 is 0. The van der Waals surface area contributed by atoms with Crippen LogP contribution in [0.1, 0.15) is 28.1 Å². The van der Waals surface area contributed by atoms with Crippen LogP contribution in [-0.4, -0.2) is 51.4 Å². The lowest BCUT2D eigenvalue weighted by Gasteiger charge is -2.33. The average molecular weight is 320 g/mol. The van der Waals surface area contributed by atoms with E-state index in [1.165, 1.54) is 11.0 Å². The zero-order valence-corrected chi connectivity index (χ0v) is 12.2. The maximum absolute atomic E-state index is 14.0. The first-order valence-corrected chi connectivity index (χ1v) is 7.37. The summed E-state index contributed by atoms with van der Waals surface area (Å²) in [6.45, 7) is 0.914. The normalized spacial score (nSPS) is 21.0. The third-order valence-corrected chi connectivity index (χ3v) is 4.03. The van der Waals surface area contributed by atoms with Crippen molar-refractivity contribution >= 4 is 5.91 Å². The predicted octanol–water partition coefficient (Wildman–Crippen LogP) is 1.33. The van der Waals surface area contributed by atoms with Gasteiger partial charge in [0, 0.05) is 5.56 Å². The standard InChI is InChI=1S/C15H14F2N4O2/c16-9-7-20(8-9)15(22)13-18-14-12(23-6-5-21(14)19-13)10-3-1-2-4-11(10)17/h1-4,9,12H,5-8H2. The molecule has 0 radical (unpaired) electrons. The van der Waals surface area contributed by atoms with E-state index in [1.807, 2.05) is 0 Å². The van der Waals surface area contributed by atoms with Gasteiger partial charge >= 0.3 is 0 Å². The molecule has 0 N–H and O–H groups in total. The zero-order chi connectivity index (χ0) is 16.0. The highest BCUT2D eigenvalue weighted by molar-refractivity contribution is 5.91. The highest BCUT2D eigenvalue weighted by atomic mass is 19.1. The number of carbonyl (C=O) groups excluding carboxylic acids is 1. The Balaban J connectivity index is 1.66. The third-order valence-electron chi connectivity index (χ3n) is 4.03. The second-order valence-corrected chi connectivity index (χ2v) is 5.60. The van der Waals surface area contributed by atoms with Crippen LogP contribution in [0.3, 0.4) is 0 Å². The Bertz CT molecular complexity index is 758. The number of amides is 1. The molecule has 3 heterocycles. The van der Waals surface area contributed by atoms with E-state index in [4.69, 9.17) is 4.74 Å². The fourth-order valence-electron chi connectivity index (χ4n) is 2.78. The molecule has 0 aliphatic carbocycles. The van der Waals surface area contributed by atoms with Crippen LogP contribution in [0.15, 0.2) is 24.3 Å². The van der Waals surface area contributed by atoms with E-state index < -0.39 is 24.0 Å². The van der Waals surface area contributed by atoms with Gasteiger partial charge in [0.2, 0.25) is 5.82 Å². The second kappa shape index (κ2) is 5.38. The zero-order valence-electron chi connectivity index (χ0n) is 12.2. The van der Waals surface area contributed by atoms with Crippen molar-refractivity contribution in [1.29, 1.82) is 0 Å². The van der Waals surface area contributed by atoms with Gasteiger partial charge in [-0.05, 0) is 6.07 Å². The number of likely N-dealkylation sites (tertiary alicyclic amines) is 1. The number of aromatic nitrogens is 3. The molecule has 1 saturated heterocycles. The van der Waals surface area contributed by atoms with E-state index in [0.29, 0.717) is 24.5 Å². The minimum atomic E-state index is -0.981. The number of hydrogen-bond donors (Lipinski definition) is 0. The van der Waals surface area contributed by atoms with Crippen LogP contribution >= 0.6 is 0 Å². The lowest BCUT2D eigenvalue weighted by Crippen LogP contribution is -2.51. The Morgan fingerprint density at radius 1 is 1.30 bits per heavy atom. The topological polar surface area (TPSA) is 60.3 Å². The van der Waals surface area contributed by atoms with Gasteiger partial charge in [0.25, 0.3) is 5.91 Å². The Kier molecular flexibility index (Phi) is 3.33. The molecule has 1 atom stereocenters. The van der Waals surface area contributed by atoms with Crippen LogP contribution in [0.25, 0.3) is 0 Å². The number of ether oxygens (including phenoxy) is 1. The molecule has 1 aromatic carbocycles. The van der Waals surface area contributed by atoms with Gasteiger partial charge < -0.3 is 9.64 Å². The summed E-state index contributed by atoms with van der Waals surface area (Å²) in [5, 5.41) is 4.17. The number of halogens is 2. The molecule has 120 valence electrons. The highest BCUT2D eigenvalue weighted by Gasteiger charge is 2.35. The lowest BCUT2D eigenvalue weighted by atomic mass is 10.1. The molecule has 2 aliphatic heterocycles. The lowest BCUT2D eigenvalue weighted by molar-refractivity contribution is 0.0367. The van der Waals surface area contributed by atoms with Gasteiger partial charge in [-0.2, -0.15) is 0 Å². The van der Waals surface area contributed by atoms with Crippen molar-refractivity contribution in [2.75, 3.05) is 19.7 Å². The maximum atomic E-state index is 14.0. The summed E-state index contributed by atoms with van der Waals surface area (Å²) in [6, 6.07) is 6.28. The molecule has 1 aromatic heterocycles. The summed E-state index contributed by atoms with van der Waals surface area (Å²) in [6.07, 6.45) is -1.69. The number of hydrogen-bond acceptors (Lipinski definition) is 4. The summed E-state index contributed by atoms with van der Waals surface area (Å²) in [5.41, 5.74) is 0.354. The molecule has 1 unspecified atom stereocenters. The van der Waals surface area contributed by atoms with E-state index in [2.05, 4.69) is 10.1 Å². The summed E-state index contributed by atoms with van der Waals surface area (Å²) < 4.78 is 34.1. The minimum absolute atomic E-state index is 0.00117. The van der Waals surface area contributed by atoms with Crippen LogP contribution in [0.5, 0.6) is 0 Å². The molecule has 2 aliphatic rings. The third kappa shape index (κ3) is 2.39. The Hall–Kier alpha value is -2.35. The van der Waals surface area contributed by atoms with Crippen molar-refractivity contribution in [2.24, 2.45) is 0 Å². The van der Waals surface area contributed by atoms with Crippen LogP contribution in [0.4, 0.5) is 8.78 Å². The number of nitrogens with zero attached hydrogens (tertiary/aromatic N) is 4. The Labute approximate surface area is 130 Å². The molecule has 1 fully saturated rings. The van der Waals surface area contributed by atoms with Crippen LogP contribution in [0.2, 0.25) is 0 Å². The van der Waals surface area contributed by atoms with Crippen LogP contribution in [-0.2, 0) is 11.3 Å². The van der Waals surface area contributed by atoms with Crippen molar-refractivity contribution in [3.63, 3.8) is 0 Å². The molecule has 0 saturated carbocycles. The molecule has 0 spiro atoms. The number of rotatable bonds is 2. The first-order chi connectivity index (χ1) is 11.1. The molecular weight excluding hydrogens is 306 g/mol. The largest absolute Gasteiger partial charge is 0.363 e.